The number of nitrogens with one attached hydrogen (secondary N) is 2. The highest BCUT2D eigenvalue weighted by Crippen LogP contribution is 2.21. The van der Waals surface area contributed by atoms with Gasteiger partial charge in [0.15, 0.2) is 0 Å². The molecule has 0 aliphatic heterocycles. The molecule has 0 aliphatic rings. The molecule has 0 aliphatic carbocycles. The van der Waals surface area contributed by atoms with Crippen molar-refractivity contribution in [1.29, 1.82) is 0 Å². The van der Waals surface area contributed by atoms with Crippen molar-refractivity contribution in [2.75, 3.05) is 0 Å². The summed E-state index contributed by atoms with van der Waals surface area (Å²) in [6.07, 6.45) is 0.420. The second kappa shape index (κ2) is 5.88. The zero-order chi connectivity index (χ0) is 15.7. The highest BCUT2D eigenvalue weighted by molar-refractivity contribution is 7.20. The molecule has 3 N–H and O–H groups in total. The van der Waals surface area contributed by atoms with Gasteiger partial charge in [0, 0.05) is 11.4 Å². The van der Waals surface area contributed by atoms with Crippen LogP contribution in [0.2, 0.25) is 5.02 Å². The number of thiophene rings is 1. The van der Waals surface area contributed by atoms with Crippen LogP contribution in [0.5, 0.6) is 0 Å². The quantitative estimate of drug-likeness (QED) is 0.505. The molecule has 2 heterocycles. The van der Waals surface area contributed by atoms with Gasteiger partial charge >= 0.3 is 0 Å². The molecule has 0 atom stereocenters. The minimum absolute atomic E-state index is 0.218. The summed E-state index contributed by atoms with van der Waals surface area (Å²) in [5.41, 5.74) is 2.56. The topological polar surface area (TPSA) is 95.1 Å². The first-order valence-electron chi connectivity index (χ1n) is 6.28. The first-order valence-corrected chi connectivity index (χ1v) is 7.48. The summed E-state index contributed by atoms with van der Waals surface area (Å²) in [6.45, 7) is 0. The highest BCUT2D eigenvalue weighted by atomic mass is 35.5. The van der Waals surface area contributed by atoms with Crippen LogP contribution in [0.1, 0.15) is 21.1 Å². The van der Waals surface area contributed by atoms with E-state index >= 15 is 0 Å². The predicted molar refractivity (Wildman–Crippen MR) is 83.8 cm³/mol. The van der Waals surface area contributed by atoms with Gasteiger partial charge in [-0.15, -0.1) is 11.3 Å². The molecular weight excluding hydrogens is 326 g/mol. The van der Waals surface area contributed by atoms with Crippen LogP contribution in [0.25, 0.3) is 10.2 Å². The third kappa shape index (κ3) is 2.87. The summed E-state index contributed by atoms with van der Waals surface area (Å²) in [4.78, 5) is 30.7. The molecule has 1 aromatic carbocycles. The lowest BCUT2D eigenvalue weighted by Gasteiger charge is -2.02. The number of carbonyl (C=O) groups excluding carboxylic acids is 1. The maximum Gasteiger partial charge on any atom is 0.284 e. The van der Waals surface area contributed by atoms with Gasteiger partial charge in [-0.1, -0.05) is 23.7 Å². The van der Waals surface area contributed by atoms with E-state index in [0.29, 0.717) is 27.5 Å². The van der Waals surface area contributed by atoms with Gasteiger partial charge in [-0.2, -0.15) is 0 Å². The first-order chi connectivity index (χ1) is 10.6. The molecule has 0 fully saturated rings. The lowest BCUT2D eigenvalue weighted by molar-refractivity contribution is 0.0711. The van der Waals surface area contributed by atoms with E-state index in [-0.39, 0.29) is 10.4 Å². The Labute approximate surface area is 133 Å². The molecule has 0 spiro atoms. The van der Waals surface area contributed by atoms with Crippen molar-refractivity contribution >= 4 is 39.1 Å². The Bertz CT molecular complexity index is 919. The van der Waals surface area contributed by atoms with Gasteiger partial charge in [-0.3, -0.25) is 14.8 Å². The van der Waals surface area contributed by atoms with E-state index in [1.54, 1.807) is 12.1 Å². The molecule has 1 amide bonds. The maximum atomic E-state index is 12.1. The lowest BCUT2D eigenvalue weighted by Crippen LogP contribution is -2.16. The zero-order valence-corrected chi connectivity index (χ0v) is 12.7. The molecule has 0 bridgehead atoms. The van der Waals surface area contributed by atoms with Crippen LogP contribution in [0, 0.1) is 0 Å². The van der Waals surface area contributed by atoms with Crippen molar-refractivity contribution in [2.45, 2.75) is 6.42 Å². The van der Waals surface area contributed by atoms with Gasteiger partial charge in [0.25, 0.3) is 11.5 Å². The summed E-state index contributed by atoms with van der Waals surface area (Å²) in [7, 11) is 0. The van der Waals surface area contributed by atoms with Crippen LogP contribution < -0.4 is 11.0 Å². The van der Waals surface area contributed by atoms with Crippen LogP contribution in [-0.4, -0.2) is 21.1 Å². The number of aromatic amines is 1. The lowest BCUT2D eigenvalue weighted by atomic mass is 10.1. The largest absolute Gasteiger partial charge is 0.309 e. The number of hydrogen-bond acceptors (Lipinski definition) is 5. The zero-order valence-electron chi connectivity index (χ0n) is 11.1. The fraction of sp³-hybridized carbons (Fsp3) is 0.0714. The fourth-order valence-electron chi connectivity index (χ4n) is 2.08. The summed E-state index contributed by atoms with van der Waals surface area (Å²) in [5, 5.41) is 9.26. The van der Waals surface area contributed by atoms with E-state index in [2.05, 4.69) is 9.97 Å². The minimum atomic E-state index is -0.668. The smallest absolute Gasteiger partial charge is 0.284 e. The summed E-state index contributed by atoms with van der Waals surface area (Å²) < 4.78 is 0.341. The summed E-state index contributed by atoms with van der Waals surface area (Å²) in [5.74, 6) is -0.188. The van der Waals surface area contributed by atoms with E-state index < -0.39 is 5.91 Å². The van der Waals surface area contributed by atoms with Crippen molar-refractivity contribution in [3.63, 3.8) is 0 Å². The molecule has 0 radical (unpaired) electrons. The van der Waals surface area contributed by atoms with E-state index in [4.69, 9.17) is 16.8 Å². The number of aromatic nitrogens is 2. The molecule has 22 heavy (non-hydrogen) atoms. The Kier molecular flexibility index (Phi) is 3.93. The van der Waals surface area contributed by atoms with Gasteiger partial charge in [-0.05, 0) is 23.8 Å². The summed E-state index contributed by atoms with van der Waals surface area (Å²) in [6, 6.07) is 8.74. The molecule has 8 heteroatoms. The van der Waals surface area contributed by atoms with E-state index in [1.807, 2.05) is 12.1 Å². The monoisotopic (exact) mass is 335 g/mol. The number of carbonyl (C=O) groups is 1. The first kappa shape index (κ1) is 14.7. The van der Waals surface area contributed by atoms with E-state index in [9.17, 15) is 9.59 Å². The van der Waals surface area contributed by atoms with Crippen LogP contribution in [-0.2, 0) is 6.42 Å². The normalized spacial score (nSPS) is 10.8. The standard InChI is InChI=1S/C14H10ClN3O3S/c15-8-3-1-2-7(4-8)5-11-16-9-6-10(13(19)18-21)22-12(9)14(20)17-11/h1-4,6,21H,5H2,(H,18,19)(H,16,17,20). The summed E-state index contributed by atoms with van der Waals surface area (Å²) >= 11 is 6.91. The van der Waals surface area contributed by atoms with E-state index in [0.717, 1.165) is 16.9 Å². The number of hydroxylamine groups is 1. The molecule has 6 nitrogen and oxygen atoms in total. The van der Waals surface area contributed by atoms with Crippen molar-refractivity contribution in [2.24, 2.45) is 0 Å². The Hall–Kier alpha value is -2.22. The second-order valence-corrected chi connectivity index (χ2v) is 6.07. The Morgan fingerprint density at radius 3 is 2.95 bits per heavy atom. The SMILES string of the molecule is O=C(NO)c1cc2nc(Cc3cccc(Cl)c3)[nH]c(=O)c2s1. The van der Waals surface area contributed by atoms with Gasteiger partial charge in [0.2, 0.25) is 0 Å². The molecule has 0 saturated heterocycles. The minimum Gasteiger partial charge on any atom is -0.309 e. The van der Waals surface area contributed by atoms with Crippen LogP contribution in [0.15, 0.2) is 35.1 Å². The number of nitrogens with zero attached hydrogens (tertiary/aromatic N) is 1. The number of fused-ring (bicyclic) bond motifs is 1. The number of halogens is 1. The predicted octanol–water partition coefficient (Wildman–Crippen LogP) is 2.35. The van der Waals surface area contributed by atoms with Crippen LogP contribution in [0.3, 0.4) is 0 Å². The number of amides is 1. The third-order valence-electron chi connectivity index (χ3n) is 3.02. The molecule has 3 rings (SSSR count). The molecule has 2 aromatic heterocycles. The maximum absolute atomic E-state index is 12.1. The molecule has 0 saturated carbocycles. The van der Waals surface area contributed by atoms with Crippen molar-refractivity contribution in [3.05, 3.63) is 62.0 Å². The average molecular weight is 336 g/mol. The van der Waals surface area contributed by atoms with Gasteiger partial charge in [0.1, 0.15) is 10.5 Å². The average Bonchev–Trinajstić information content (AvgIpc) is 2.91. The van der Waals surface area contributed by atoms with Gasteiger partial charge in [0.05, 0.1) is 10.4 Å². The number of hydrogen-bond donors (Lipinski definition) is 3. The number of benzene rings is 1. The fourth-order valence-corrected chi connectivity index (χ4v) is 3.17. The van der Waals surface area contributed by atoms with Crippen molar-refractivity contribution < 1.29 is 10.0 Å². The Morgan fingerprint density at radius 1 is 1.41 bits per heavy atom. The van der Waals surface area contributed by atoms with Crippen LogP contribution >= 0.6 is 22.9 Å². The Balaban J connectivity index is 2.01. The molecule has 3 aromatic rings. The number of rotatable bonds is 3. The van der Waals surface area contributed by atoms with Gasteiger partial charge < -0.3 is 4.98 Å². The van der Waals surface area contributed by atoms with Crippen molar-refractivity contribution in [3.8, 4) is 0 Å². The van der Waals surface area contributed by atoms with Crippen LogP contribution in [0.4, 0.5) is 0 Å². The van der Waals surface area contributed by atoms with Crippen molar-refractivity contribution in [1.82, 2.24) is 15.4 Å². The molecule has 0 unspecified atom stereocenters. The second-order valence-electron chi connectivity index (χ2n) is 4.59. The third-order valence-corrected chi connectivity index (χ3v) is 4.37. The van der Waals surface area contributed by atoms with Gasteiger partial charge in [-0.25, -0.2) is 10.5 Å². The number of H-pyrrole nitrogens is 1. The van der Waals surface area contributed by atoms with E-state index in [1.165, 1.54) is 11.5 Å². The Morgan fingerprint density at radius 2 is 2.23 bits per heavy atom. The molecule has 112 valence electrons. The molecular formula is C14H10ClN3O3S. The highest BCUT2D eigenvalue weighted by Gasteiger charge is 2.13.